The second-order valence-electron chi connectivity index (χ2n) is 14.7. The largest absolute Gasteiger partial charge is 0.394 e. The highest BCUT2D eigenvalue weighted by molar-refractivity contribution is 4.71. The van der Waals surface area contributed by atoms with Gasteiger partial charge in [0.1, 0.15) is 0 Å². The maximum Gasteiger partial charge on any atom is 0.0834 e. The Bertz CT molecular complexity index is 659. The second-order valence-corrected chi connectivity index (χ2v) is 14.7. The van der Waals surface area contributed by atoms with Crippen LogP contribution < -0.4 is 0 Å². The van der Waals surface area contributed by atoms with Gasteiger partial charge in [0.2, 0.25) is 0 Å². The molecule has 0 rings (SSSR count). The van der Waals surface area contributed by atoms with Crippen LogP contribution in [-0.2, 0) is 37.9 Å². The topological polar surface area (TPSA) is 114 Å². The highest BCUT2D eigenvalue weighted by Gasteiger charge is 2.21. The van der Waals surface area contributed by atoms with Crippen LogP contribution in [0.15, 0.2) is 0 Å². The molecule has 2 N–H and O–H groups in total. The molecule has 2 unspecified atom stereocenters. The first-order valence-corrected chi connectivity index (χ1v) is 22.7. The predicted octanol–water partition coefficient (Wildman–Crippen LogP) is 9.10. The van der Waals surface area contributed by atoms with E-state index in [9.17, 15) is 5.11 Å². The van der Waals surface area contributed by atoms with Crippen molar-refractivity contribution in [3.05, 3.63) is 0 Å². The number of unbranched alkanes of at least 4 members (excludes halogenated alkanes) is 18. The zero-order valence-electron chi connectivity index (χ0n) is 35.6. The van der Waals surface area contributed by atoms with Gasteiger partial charge in [-0.15, -0.1) is 0 Å². The Kier molecular flexibility index (Phi) is 48.4. The normalized spacial score (nSPS) is 12.9. The van der Waals surface area contributed by atoms with Crippen molar-refractivity contribution in [2.45, 2.75) is 168 Å². The van der Waals surface area contributed by atoms with Gasteiger partial charge in [0.05, 0.1) is 105 Å². The maximum atomic E-state index is 10.3. The molecule has 0 aromatic heterocycles. The van der Waals surface area contributed by atoms with Gasteiger partial charge < -0.3 is 48.1 Å². The van der Waals surface area contributed by atoms with Crippen molar-refractivity contribution in [3.8, 4) is 0 Å². The van der Waals surface area contributed by atoms with Crippen LogP contribution >= 0.6 is 0 Å². The Morgan fingerprint density at radius 1 is 0.315 bits per heavy atom. The van der Waals surface area contributed by atoms with Crippen LogP contribution in [0.3, 0.4) is 0 Å². The molecule has 54 heavy (non-hydrogen) atoms. The quantitative estimate of drug-likeness (QED) is 0.0580. The number of hydrogen-bond acceptors (Lipinski definition) is 10. The summed E-state index contributed by atoms with van der Waals surface area (Å²) in [5.74, 6) is 0.343. The summed E-state index contributed by atoms with van der Waals surface area (Å²) >= 11 is 0. The third kappa shape index (κ3) is 42.7. The Balaban J connectivity index is 4.00. The van der Waals surface area contributed by atoms with Crippen LogP contribution in [0.25, 0.3) is 0 Å². The lowest BCUT2D eigenvalue weighted by atomic mass is 9.90. The average Bonchev–Trinajstić information content (AvgIpc) is 3.18. The average molecular weight is 779 g/mol. The highest BCUT2D eigenvalue weighted by Crippen LogP contribution is 2.23. The van der Waals surface area contributed by atoms with Crippen molar-refractivity contribution in [1.29, 1.82) is 0 Å². The molecular formula is C44H90O10. The molecule has 0 aliphatic carbocycles. The first kappa shape index (κ1) is 53.6. The van der Waals surface area contributed by atoms with E-state index in [1.165, 1.54) is 122 Å². The van der Waals surface area contributed by atoms with E-state index in [2.05, 4.69) is 13.8 Å². The molecule has 326 valence electrons. The van der Waals surface area contributed by atoms with Crippen LogP contribution in [0.5, 0.6) is 0 Å². The van der Waals surface area contributed by atoms with Gasteiger partial charge in [-0.05, 0) is 31.6 Å². The Morgan fingerprint density at radius 3 is 1.04 bits per heavy atom. The fourth-order valence-corrected chi connectivity index (χ4v) is 6.51. The molecular weight excluding hydrogens is 688 g/mol. The van der Waals surface area contributed by atoms with Crippen molar-refractivity contribution >= 4 is 0 Å². The minimum absolute atomic E-state index is 0.0284. The molecule has 10 nitrogen and oxygen atoms in total. The van der Waals surface area contributed by atoms with E-state index >= 15 is 0 Å². The van der Waals surface area contributed by atoms with Gasteiger partial charge >= 0.3 is 0 Å². The third-order valence-corrected chi connectivity index (χ3v) is 9.80. The Hall–Kier alpha value is -0.400. The summed E-state index contributed by atoms with van der Waals surface area (Å²) in [6, 6.07) is 0. The molecule has 0 aromatic rings. The van der Waals surface area contributed by atoms with E-state index in [1.807, 2.05) is 0 Å². The molecule has 0 saturated carbocycles. The maximum absolute atomic E-state index is 10.3. The van der Waals surface area contributed by atoms with Crippen LogP contribution in [0.1, 0.15) is 162 Å². The molecule has 2 atom stereocenters. The summed E-state index contributed by atoms with van der Waals surface area (Å²) in [7, 11) is 0. The minimum Gasteiger partial charge on any atom is -0.394 e. The molecule has 0 fully saturated rings. The van der Waals surface area contributed by atoms with Gasteiger partial charge in [0.25, 0.3) is 0 Å². The predicted molar refractivity (Wildman–Crippen MR) is 221 cm³/mol. The lowest BCUT2D eigenvalue weighted by molar-refractivity contribution is -0.0582. The Labute approximate surface area is 333 Å². The fraction of sp³-hybridized carbons (Fsp3) is 1.00. The Morgan fingerprint density at radius 2 is 0.630 bits per heavy atom. The molecule has 0 heterocycles. The first-order chi connectivity index (χ1) is 26.8. The standard InChI is InChI=1S/C44H90O10/c1-3-5-7-9-11-13-14-15-16-18-20-22-27-47-28-23-25-43(24-21-19-17-12-10-8-6-4-2)44(42-46)54-41-40-53-39-38-52-37-36-51-35-34-50-33-32-49-31-30-48-29-26-45/h43-46H,3-42H2,1-2H3. The van der Waals surface area contributed by atoms with Crippen molar-refractivity contribution < 1.29 is 48.1 Å². The van der Waals surface area contributed by atoms with E-state index in [1.54, 1.807) is 0 Å². The SMILES string of the molecule is CCCCCCCCCCCCCCOCCCC(CCCCCCCCCC)C(CO)OCCOCCOCCOCCOCCOCCOCCO. The molecule has 0 bridgehead atoms. The summed E-state index contributed by atoms with van der Waals surface area (Å²) in [6.07, 6.45) is 29.8. The van der Waals surface area contributed by atoms with Gasteiger partial charge in [0.15, 0.2) is 0 Å². The van der Waals surface area contributed by atoms with E-state index in [-0.39, 0.29) is 19.3 Å². The molecule has 0 aromatic carbocycles. The lowest BCUT2D eigenvalue weighted by Crippen LogP contribution is -2.30. The number of aliphatic hydroxyl groups excluding tert-OH is 2. The number of hydrogen-bond donors (Lipinski definition) is 2. The summed E-state index contributed by atoms with van der Waals surface area (Å²) in [5, 5.41) is 18.9. The van der Waals surface area contributed by atoms with E-state index in [4.69, 9.17) is 43.0 Å². The highest BCUT2D eigenvalue weighted by atomic mass is 16.6. The number of rotatable bonds is 49. The van der Waals surface area contributed by atoms with Gasteiger partial charge in [-0.25, -0.2) is 0 Å². The van der Waals surface area contributed by atoms with Gasteiger partial charge in [-0.3, -0.25) is 0 Å². The first-order valence-electron chi connectivity index (χ1n) is 22.7. The number of aliphatic hydroxyl groups is 2. The number of ether oxygens (including phenoxy) is 8. The summed E-state index contributed by atoms with van der Waals surface area (Å²) < 4.78 is 45.0. The molecule has 0 radical (unpaired) electrons. The van der Waals surface area contributed by atoms with Crippen molar-refractivity contribution in [2.75, 3.05) is 112 Å². The smallest absolute Gasteiger partial charge is 0.0834 e. The molecule has 0 aliphatic rings. The van der Waals surface area contributed by atoms with Gasteiger partial charge in [0, 0.05) is 13.2 Å². The van der Waals surface area contributed by atoms with Crippen molar-refractivity contribution in [1.82, 2.24) is 0 Å². The monoisotopic (exact) mass is 779 g/mol. The van der Waals surface area contributed by atoms with Gasteiger partial charge in [-0.1, -0.05) is 136 Å². The summed E-state index contributed by atoms with van der Waals surface area (Å²) in [6.45, 7) is 12.6. The molecule has 0 amide bonds. The van der Waals surface area contributed by atoms with E-state index < -0.39 is 0 Å². The van der Waals surface area contributed by atoms with Crippen molar-refractivity contribution in [3.63, 3.8) is 0 Å². The molecule has 0 aliphatic heterocycles. The third-order valence-electron chi connectivity index (χ3n) is 9.80. The van der Waals surface area contributed by atoms with Gasteiger partial charge in [-0.2, -0.15) is 0 Å². The molecule has 10 heteroatoms. The molecule has 0 saturated heterocycles. The molecule has 0 spiro atoms. The van der Waals surface area contributed by atoms with E-state index in [0.717, 1.165) is 38.9 Å². The van der Waals surface area contributed by atoms with Crippen LogP contribution in [0, 0.1) is 5.92 Å². The van der Waals surface area contributed by atoms with E-state index in [0.29, 0.717) is 91.8 Å². The van der Waals surface area contributed by atoms with Crippen LogP contribution in [0.4, 0.5) is 0 Å². The van der Waals surface area contributed by atoms with Crippen LogP contribution in [0.2, 0.25) is 0 Å². The fourth-order valence-electron chi connectivity index (χ4n) is 6.51. The zero-order valence-corrected chi connectivity index (χ0v) is 35.6. The lowest BCUT2D eigenvalue weighted by Gasteiger charge is -2.26. The summed E-state index contributed by atoms with van der Waals surface area (Å²) in [4.78, 5) is 0. The second kappa shape index (κ2) is 48.7. The van der Waals surface area contributed by atoms with Crippen molar-refractivity contribution in [2.24, 2.45) is 5.92 Å². The summed E-state index contributed by atoms with van der Waals surface area (Å²) in [5.41, 5.74) is 0. The zero-order chi connectivity index (χ0) is 39.1. The van der Waals surface area contributed by atoms with Crippen LogP contribution in [-0.4, -0.2) is 129 Å². The minimum atomic E-state index is -0.156.